The first kappa shape index (κ1) is 17.9. The molecule has 0 radical (unpaired) electrons. The number of H-pyrrole nitrogens is 1. The molecule has 2 aliphatic heterocycles. The Balaban J connectivity index is 1.68. The first-order valence-electron chi connectivity index (χ1n) is 9.26. The number of thiophene rings is 1. The van der Waals surface area contributed by atoms with E-state index in [-0.39, 0.29) is 23.4 Å². The minimum atomic E-state index is -0.237. The molecule has 1 N–H and O–H groups in total. The van der Waals surface area contributed by atoms with Gasteiger partial charge >= 0.3 is 0 Å². The van der Waals surface area contributed by atoms with Crippen molar-refractivity contribution in [1.82, 2.24) is 19.8 Å². The van der Waals surface area contributed by atoms with E-state index in [2.05, 4.69) is 4.98 Å². The van der Waals surface area contributed by atoms with Crippen LogP contribution in [-0.2, 0) is 17.8 Å². The Kier molecular flexibility index (Phi) is 4.82. The molecule has 27 heavy (non-hydrogen) atoms. The second-order valence-electron chi connectivity index (χ2n) is 7.05. The molecule has 1 atom stereocenters. The predicted octanol–water partition coefficient (Wildman–Crippen LogP) is 2.10. The molecule has 8 heteroatoms. The topological polar surface area (TPSA) is 86.4 Å². The average Bonchev–Trinajstić information content (AvgIpc) is 3.21. The number of carbonyl (C=O) groups is 2. The van der Waals surface area contributed by atoms with Crippen molar-refractivity contribution < 1.29 is 9.59 Å². The van der Waals surface area contributed by atoms with Crippen molar-refractivity contribution in [3.63, 3.8) is 0 Å². The number of nitrogens with one attached hydrogen (secondary N) is 1. The molecule has 7 nitrogen and oxygen atoms in total. The lowest BCUT2D eigenvalue weighted by Gasteiger charge is -2.35. The number of amides is 2. The molecule has 4 rings (SSSR count). The van der Waals surface area contributed by atoms with Crippen LogP contribution in [-0.4, -0.2) is 44.7 Å². The highest BCUT2D eigenvalue weighted by Crippen LogP contribution is 2.31. The summed E-state index contributed by atoms with van der Waals surface area (Å²) in [6.45, 7) is 3.08. The SMILES string of the molecule is CC(=O)N1CCc2c(nc(C3CCCCN3C(=O)c3cccs3)[nH]c2=O)C1. The average molecular weight is 386 g/mol. The van der Waals surface area contributed by atoms with Gasteiger partial charge in [0.2, 0.25) is 5.91 Å². The van der Waals surface area contributed by atoms with E-state index < -0.39 is 0 Å². The van der Waals surface area contributed by atoms with Crippen molar-refractivity contribution in [2.24, 2.45) is 0 Å². The number of fused-ring (bicyclic) bond motifs is 1. The van der Waals surface area contributed by atoms with Crippen molar-refractivity contribution in [2.45, 2.75) is 45.2 Å². The van der Waals surface area contributed by atoms with Crippen LogP contribution in [0.2, 0.25) is 0 Å². The summed E-state index contributed by atoms with van der Waals surface area (Å²) in [7, 11) is 0. The van der Waals surface area contributed by atoms with E-state index in [1.54, 1.807) is 4.90 Å². The van der Waals surface area contributed by atoms with E-state index in [4.69, 9.17) is 4.98 Å². The zero-order chi connectivity index (χ0) is 19.0. The zero-order valence-corrected chi connectivity index (χ0v) is 16.1. The van der Waals surface area contributed by atoms with Gasteiger partial charge in [0, 0.05) is 25.6 Å². The van der Waals surface area contributed by atoms with Gasteiger partial charge in [-0.25, -0.2) is 4.98 Å². The van der Waals surface area contributed by atoms with Gasteiger partial charge in [-0.15, -0.1) is 11.3 Å². The van der Waals surface area contributed by atoms with Crippen LogP contribution in [0.5, 0.6) is 0 Å². The number of nitrogens with zero attached hydrogens (tertiary/aromatic N) is 3. The van der Waals surface area contributed by atoms with Crippen LogP contribution in [0.3, 0.4) is 0 Å². The maximum atomic E-state index is 12.9. The number of likely N-dealkylation sites (tertiary alicyclic amines) is 1. The quantitative estimate of drug-likeness (QED) is 0.856. The molecule has 2 amide bonds. The summed E-state index contributed by atoms with van der Waals surface area (Å²) in [6.07, 6.45) is 3.22. The maximum Gasteiger partial charge on any atom is 0.264 e. The third-order valence-electron chi connectivity index (χ3n) is 5.35. The van der Waals surface area contributed by atoms with Gasteiger partial charge in [0.1, 0.15) is 5.82 Å². The van der Waals surface area contributed by atoms with Gasteiger partial charge in [-0.05, 0) is 37.1 Å². The highest BCUT2D eigenvalue weighted by molar-refractivity contribution is 7.12. The van der Waals surface area contributed by atoms with Crippen LogP contribution in [0.1, 0.15) is 59.0 Å². The van der Waals surface area contributed by atoms with Crippen molar-refractivity contribution in [3.05, 3.63) is 49.8 Å². The van der Waals surface area contributed by atoms with Gasteiger partial charge in [0.05, 0.1) is 23.2 Å². The third kappa shape index (κ3) is 3.41. The molecular formula is C19H22N4O3S. The molecule has 2 aromatic heterocycles. The fourth-order valence-corrected chi connectivity index (χ4v) is 4.57. The van der Waals surface area contributed by atoms with Crippen LogP contribution in [0.25, 0.3) is 0 Å². The van der Waals surface area contributed by atoms with E-state index in [0.717, 1.165) is 19.3 Å². The first-order chi connectivity index (χ1) is 13.0. The summed E-state index contributed by atoms with van der Waals surface area (Å²) in [5, 5.41) is 1.89. The monoisotopic (exact) mass is 386 g/mol. The Morgan fingerprint density at radius 2 is 2.15 bits per heavy atom. The summed E-state index contributed by atoms with van der Waals surface area (Å²) >= 11 is 1.42. The molecule has 1 fully saturated rings. The first-order valence-corrected chi connectivity index (χ1v) is 10.1. The van der Waals surface area contributed by atoms with Crippen LogP contribution >= 0.6 is 11.3 Å². The molecule has 142 valence electrons. The number of rotatable bonds is 2. The number of aromatic nitrogens is 2. The molecule has 4 heterocycles. The molecular weight excluding hydrogens is 364 g/mol. The Morgan fingerprint density at radius 3 is 2.89 bits per heavy atom. The zero-order valence-electron chi connectivity index (χ0n) is 15.2. The Morgan fingerprint density at radius 1 is 1.30 bits per heavy atom. The second kappa shape index (κ2) is 7.26. The van der Waals surface area contributed by atoms with E-state index in [0.29, 0.717) is 48.0 Å². The van der Waals surface area contributed by atoms with Crippen molar-refractivity contribution >= 4 is 23.2 Å². The van der Waals surface area contributed by atoms with Crippen LogP contribution < -0.4 is 5.56 Å². The number of hydrogen-bond acceptors (Lipinski definition) is 5. The summed E-state index contributed by atoms with van der Waals surface area (Å²) in [6, 6.07) is 3.46. The fraction of sp³-hybridized carbons (Fsp3) is 0.474. The number of aromatic amines is 1. The number of hydrogen-bond donors (Lipinski definition) is 1. The normalized spacial score (nSPS) is 19.7. The maximum absolute atomic E-state index is 12.9. The minimum Gasteiger partial charge on any atom is -0.337 e. The molecule has 0 aliphatic carbocycles. The third-order valence-corrected chi connectivity index (χ3v) is 6.21. The largest absolute Gasteiger partial charge is 0.337 e. The van der Waals surface area contributed by atoms with Crippen LogP contribution in [0.15, 0.2) is 22.3 Å². The van der Waals surface area contributed by atoms with Crippen molar-refractivity contribution in [2.75, 3.05) is 13.1 Å². The van der Waals surface area contributed by atoms with E-state index in [1.807, 2.05) is 22.4 Å². The van der Waals surface area contributed by atoms with E-state index in [1.165, 1.54) is 18.3 Å². The molecule has 0 spiro atoms. The van der Waals surface area contributed by atoms with Crippen LogP contribution in [0.4, 0.5) is 0 Å². The van der Waals surface area contributed by atoms with Gasteiger partial charge in [-0.1, -0.05) is 6.07 Å². The highest BCUT2D eigenvalue weighted by atomic mass is 32.1. The molecule has 0 saturated carbocycles. The number of carbonyl (C=O) groups excluding carboxylic acids is 2. The lowest BCUT2D eigenvalue weighted by atomic mass is 10.00. The van der Waals surface area contributed by atoms with Crippen LogP contribution in [0, 0.1) is 0 Å². The Hall–Kier alpha value is -2.48. The van der Waals surface area contributed by atoms with Gasteiger partial charge < -0.3 is 14.8 Å². The summed E-state index contributed by atoms with van der Waals surface area (Å²) in [5.74, 6) is 0.505. The molecule has 0 aromatic carbocycles. The van der Waals surface area contributed by atoms with Gasteiger partial charge in [0.15, 0.2) is 0 Å². The van der Waals surface area contributed by atoms with Gasteiger partial charge in [-0.3, -0.25) is 14.4 Å². The summed E-state index contributed by atoms with van der Waals surface area (Å²) in [5.41, 5.74) is 1.17. The van der Waals surface area contributed by atoms with Crippen molar-refractivity contribution in [1.29, 1.82) is 0 Å². The Bertz CT molecular complexity index is 922. The van der Waals surface area contributed by atoms with Gasteiger partial charge in [0.25, 0.3) is 11.5 Å². The highest BCUT2D eigenvalue weighted by Gasteiger charge is 2.32. The fourth-order valence-electron chi connectivity index (χ4n) is 3.89. The smallest absolute Gasteiger partial charge is 0.264 e. The van der Waals surface area contributed by atoms with E-state index in [9.17, 15) is 14.4 Å². The van der Waals surface area contributed by atoms with E-state index >= 15 is 0 Å². The molecule has 2 aromatic rings. The molecule has 0 bridgehead atoms. The predicted molar refractivity (Wildman–Crippen MR) is 102 cm³/mol. The molecule has 1 unspecified atom stereocenters. The standard InChI is InChI=1S/C19H22N4O3S/c1-12(24)22-9-7-13-14(11-22)20-17(21-18(13)25)15-5-2-3-8-23(15)19(26)16-6-4-10-27-16/h4,6,10,15H,2-3,5,7-9,11H2,1H3,(H,20,21,25). The minimum absolute atomic E-state index is 0.0135. The molecule has 2 aliphatic rings. The summed E-state index contributed by atoms with van der Waals surface area (Å²) < 4.78 is 0. The summed E-state index contributed by atoms with van der Waals surface area (Å²) in [4.78, 5) is 49.1. The Labute approximate surface area is 161 Å². The molecule has 1 saturated heterocycles. The van der Waals surface area contributed by atoms with Gasteiger partial charge in [-0.2, -0.15) is 0 Å². The lowest BCUT2D eigenvalue weighted by Crippen LogP contribution is -2.42. The van der Waals surface area contributed by atoms with Crippen molar-refractivity contribution in [3.8, 4) is 0 Å². The number of piperidine rings is 1. The second-order valence-corrected chi connectivity index (χ2v) is 8.00. The lowest BCUT2D eigenvalue weighted by molar-refractivity contribution is -0.129.